The van der Waals surface area contributed by atoms with Gasteiger partial charge >= 0.3 is 6.09 Å². The Hall–Kier alpha value is -3.07. The van der Waals surface area contributed by atoms with Gasteiger partial charge in [-0.05, 0) is 39.3 Å². The van der Waals surface area contributed by atoms with Crippen molar-refractivity contribution in [1.29, 1.82) is 0 Å². The van der Waals surface area contributed by atoms with Crippen LogP contribution in [0.25, 0.3) is 10.9 Å². The number of fused-ring (bicyclic) bond motifs is 1. The van der Waals surface area contributed by atoms with Crippen molar-refractivity contribution in [3.05, 3.63) is 36.0 Å². The quantitative estimate of drug-likeness (QED) is 0.286. The van der Waals surface area contributed by atoms with Crippen LogP contribution in [-0.4, -0.2) is 40.6 Å². The van der Waals surface area contributed by atoms with Crippen LogP contribution in [0.3, 0.4) is 0 Å². The van der Waals surface area contributed by atoms with E-state index in [1.807, 2.05) is 29.7 Å². The number of aromatic nitrogens is 1. The average molecular weight is 389 g/mol. The Morgan fingerprint density at radius 1 is 1.14 bits per heavy atom. The summed E-state index contributed by atoms with van der Waals surface area (Å²) in [6.07, 6.45) is 1.28. The Labute approximate surface area is 163 Å². The van der Waals surface area contributed by atoms with E-state index < -0.39 is 35.6 Å². The summed E-state index contributed by atoms with van der Waals surface area (Å²) in [5.74, 6) is 4.04. The van der Waals surface area contributed by atoms with E-state index in [2.05, 4.69) is 15.6 Å². The molecule has 9 heteroatoms. The fraction of sp³-hybridized carbons (Fsp3) is 0.421. The minimum Gasteiger partial charge on any atom is -0.444 e. The molecule has 0 radical (unpaired) electrons. The molecule has 3 amide bonds. The van der Waals surface area contributed by atoms with Crippen LogP contribution >= 0.6 is 0 Å². The molecule has 0 saturated heterocycles. The molecular formula is C19H27N5O4. The molecule has 9 nitrogen and oxygen atoms in total. The van der Waals surface area contributed by atoms with Gasteiger partial charge in [-0.3, -0.25) is 15.0 Å². The van der Waals surface area contributed by atoms with Crippen molar-refractivity contribution in [2.45, 2.75) is 51.8 Å². The summed E-state index contributed by atoms with van der Waals surface area (Å²) in [5.41, 5.74) is 3.04. The summed E-state index contributed by atoms with van der Waals surface area (Å²) in [4.78, 5) is 39.7. The molecule has 0 fully saturated rings. The van der Waals surface area contributed by atoms with E-state index in [1.54, 1.807) is 27.0 Å². The number of benzene rings is 1. The zero-order chi connectivity index (χ0) is 20.9. The molecule has 0 saturated carbocycles. The van der Waals surface area contributed by atoms with Crippen molar-refractivity contribution in [3.63, 3.8) is 0 Å². The van der Waals surface area contributed by atoms with Gasteiger partial charge in [-0.15, -0.1) is 0 Å². The molecule has 28 heavy (non-hydrogen) atoms. The number of H-pyrrole nitrogens is 1. The second kappa shape index (κ2) is 8.75. The number of alkyl carbamates (subject to hydrolysis) is 1. The molecule has 0 spiro atoms. The Kier molecular flexibility index (Phi) is 6.63. The number of carbonyl (C=O) groups excluding carboxylic acids is 3. The first-order chi connectivity index (χ1) is 13.1. The third-order valence-corrected chi connectivity index (χ3v) is 4.00. The van der Waals surface area contributed by atoms with Gasteiger partial charge in [0, 0.05) is 23.5 Å². The second-order valence-electron chi connectivity index (χ2n) is 7.50. The highest BCUT2D eigenvalue weighted by Gasteiger charge is 2.27. The standard InChI is InChI=1S/C19H27N5O4/c1-11(16(25)24-20)22-17(26)15(23-18(27)28-19(2,3)4)9-12-10-21-14-8-6-5-7-13(12)14/h5-8,10-11,15,21H,9,20H2,1-4H3,(H,22,26)(H,23,27)(H,24,25)/t11-,15-/m1/s1. The summed E-state index contributed by atoms with van der Waals surface area (Å²) in [7, 11) is 0. The predicted octanol–water partition coefficient (Wildman–Crippen LogP) is 1.10. The average Bonchev–Trinajstić information content (AvgIpc) is 3.01. The SMILES string of the molecule is C[C@@H](NC(=O)[C@@H](Cc1c[nH]c2ccccc12)NC(=O)OC(C)(C)C)C(=O)NN. The van der Waals surface area contributed by atoms with Crippen LogP contribution in [0, 0.1) is 0 Å². The minimum atomic E-state index is -0.943. The zero-order valence-electron chi connectivity index (χ0n) is 16.5. The number of hydrazine groups is 1. The predicted molar refractivity (Wildman–Crippen MR) is 105 cm³/mol. The Balaban J connectivity index is 2.21. The first kappa shape index (κ1) is 21.2. The van der Waals surface area contributed by atoms with Crippen LogP contribution in [0.1, 0.15) is 33.3 Å². The van der Waals surface area contributed by atoms with E-state index >= 15 is 0 Å². The van der Waals surface area contributed by atoms with Crippen LogP contribution in [0.4, 0.5) is 4.79 Å². The smallest absolute Gasteiger partial charge is 0.408 e. The lowest BCUT2D eigenvalue weighted by Crippen LogP contribution is -2.54. The van der Waals surface area contributed by atoms with E-state index in [0.717, 1.165) is 16.5 Å². The third-order valence-electron chi connectivity index (χ3n) is 4.00. The lowest BCUT2D eigenvalue weighted by atomic mass is 10.0. The van der Waals surface area contributed by atoms with Gasteiger partial charge < -0.3 is 20.4 Å². The molecule has 0 bridgehead atoms. The lowest BCUT2D eigenvalue weighted by Gasteiger charge is -2.24. The number of para-hydroxylation sites is 1. The highest BCUT2D eigenvalue weighted by Crippen LogP contribution is 2.19. The van der Waals surface area contributed by atoms with E-state index in [0.29, 0.717) is 0 Å². The Morgan fingerprint density at radius 2 is 1.82 bits per heavy atom. The maximum atomic E-state index is 12.7. The molecule has 2 aromatic rings. The molecule has 6 N–H and O–H groups in total. The summed E-state index contributed by atoms with van der Waals surface area (Å²) in [5, 5.41) is 6.08. The van der Waals surface area contributed by atoms with E-state index in [-0.39, 0.29) is 6.42 Å². The number of hydrogen-bond acceptors (Lipinski definition) is 5. The maximum Gasteiger partial charge on any atom is 0.408 e. The number of carbonyl (C=O) groups is 3. The first-order valence-electron chi connectivity index (χ1n) is 8.96. The fourth-order valence-corrected chi connectivity index (χ4v) is 2.68. The van der Waals surface area contributed by atoms with E-state index in [9.17, 15) is 14.4 Å². The number of aromatic amines is 1. The van der Waals surface area contributed by atoms with Gasteiger partial charge in [0.05, 0.1) is 0 Å². The first-order valence-corrected chi connectivity index (χ1v) is 8.96. The number of hydrogen-bond donors (Lipinski definition) is 5. The molecule has 0 unspecified atom stereocenters. The van der Waals surface area contributed by atoms with Crippen molar-refractivity contribution < 1.29 is 19.1 Å². The van der Waals surface area contributed by atoms with Gasteiger partial charge in [0.25, 0.3) is 5.91 Å². The molecule has 0 aliphatic heterocycles. The van der Waals surface area contributed by atoms with Crippen LogP contribution in [-0.2, 0) is 20.7 Å². The van der Waals surface area contributed by atoms with Gasteiger partial charge in [0.2, 0.25) is 5.91 Å². The van der Waals surface area contributed by atoms with Gasteiger partial charge in [-0.25, -0.2) is 10.6 Å². The summed E-state index contributed by atoms with van der Waals surface area (Å²) in [6, 6.07) is 5.84. The summed E-state index contributed by atoms with van der Waals surface area (Å²) >= 11 is 0. The monoisotopic (exact) mass is 389 g/mol. The molecule has 1 heterocycles. The molecule has 152 valence electrons. The second-order valence-corrected chi connectivity index (χ2v) is 7.50. The Bertz CT molecular complexity index is 855. The summed E-state index contributed by atoms with van der Waals surface area (Å²) < 4.78 is 5.26. The molecular weight excluding hydrogens is 362 g/mol. The molecule has 2 rings (SSSR count). The molecule has 0 aliphatic carbocycles. The molecule has 0 aliphatic rings. The number of ether oxygens (including phenoxy) is 1. The van der Waals surface area contributed by atoms with Crippen LogP contribution in [0.2, 0.25) is 0 Å². The van der Waals surface area contributed by atoms with Gasteiger partial charge in [-0.2, -0.15) is 0 Å². The number of amides is 3. The topological polar surface area (TPSA) is 138 Å². The normalized spacial score (nSPS) is 13.5. The molecule has 1 aromatic carbocycles. The van der Waals surface area contributed by atoms with Crippen molar-refractivity contribution in [1.82, 2.24) is 21.0 Å². The minimum absolute atomic E-state index is 0.214. The fourth-order valence-electron chi connectivity index (χ4n) is 2.68. The lowest BCUT2D eigenvalue weighted by molar-refractivity contribution is -0.129. The maximum absolute atomic E-state index is 12.7. The summed E-state index contributed by atoms with van der Waals surface area (Å²) in [6.45, 7) is 6.69. The highest BCUT2D eigenvalue weighted by molar-refractivity contribution is 5.92. The highest BCUT2D eigenvalue weighted by atomic mass is 16.6. The number of rotatable bonds is 6. The van der Waals surface area contributed by atoms with Gasteiger partial charge in [0.1, 0.15) is 17.7 Å². The van der Waals surface area contributed by atoms with E-state index in [4.69, 9.17) is 10.6 Å². The van der Waals surface area contributed by atoms with Crippen molar-refractivity contribution >= 4 is 28.8 Å². The number of nitrogens with two attached hydrogens (primary N) is 1. The zero-order valence-corrected chi connectivity index (χ0v) is 16.5. The van der Waals surface area contributed by atoms with Gasteiger partial charge in [-0.1, -0.05) is 18.2 Å². The van der Waals surface area contributed by atoms with E-state index in [1.165, 1.54) is 6.92 Å². The third kappa shape index (κ3) is 5.71. The van der Waals surface area contributed by atoms with Crippen molar-refractivity contribution in [2.24, 2.45) is 5.84 Å². The van der Waals surface area contributed by atoms with Crippen LogP contribution in [0.5, 0.6) is 0 Å². The molecule has 2 atom stereocenters. The number of nitrogens with one attached hydrogen (secondary N) is 4. The molecule has 1 aromatic heterocycles. The van der Waals surface area contributed by atoms with Crippen molar-refractivity contribution in [2.75, 3.05) is 0 Å². The van der Waals surface area contributed by atoms with Gasteiger partial charge in [0.15, 0.2) is 0 Å². The Morgan fingerprint density at radius 3 is 2.46 bits per heavy atom. The van der Waals surface area contributed by atoms with Crippen LogP contribution in [0.15, 0.2) is 30.5 Å². The van der Waals surface area contributed by atoms with Crippen LogP contribution < -0.4 is 21.9 Å². The van der Waals surface area contributed by atoms with Crippen molar-refractivity contribution in [3.8, 4) is 0 Å². The largest absolute Gasteiger partial charge is 0.444 e.